The lowest BCUT2D eigenvalue weighted by molar-refractivity contribution is -0.385. The number of hydrogen-bond donors (Lipinski definition) is 2. The number of carbonyl (C=O) groups excluding carboxylic acids is 1. The summed E-state index contributed by atoms with van der Waals surface area (Å²) in [5.41, 5.74) is 3.13. The van der Waals surface area contributed by atoms with Crippen LogP contribution in [0.5, 0.6) is 11.5 Å². The Balaban J connectivity index is 1.93. The Morgan fingerprint density at radius 1 is 1.18 bits per heavy atom. The van der Waals surface area contributed by atoms with Gasteiger partial charge in [-0.1, -0.05) is 18.2 Å². The van der Waals surface area contributed by atoms with E-state index < -0.39 is 30.0 Å². The third kappa shape index (κ3) is 6.09. The number of para-hydroxylation sites is 1. The molecule has 0 bridgehead atoms. The number of hydrazone groups is 1. The summed E-state index contributed by atoms with van der Waals surface area (Å²) in [5.74, 6) is -1.49. The van der Waals surface area contributed by atoms with Crippen LogP contribution < -0.4 is 14.9 Å². The molecular weight excluding hydrogens is 370 g/mol. The average molecular weight is 387 g/mol. The highest BCUT2D eigenvalue weighted by atomic mass is 16.6. The van der Waals surface area contributed by atoms with Crippen molar-refractivity contribution in [3.05, 3.63) is 63.7 Å². The van der Waals surface area contributed by atoms with Crippen LogP contribution >= 0.6 is 0 Å². The summed E-state index contributed by atoms with van der Waals surface area (Å²) in [6.07, 6.45) is 1.28. The number of benzene rings is 2. The second-order valence-electron chi connectivity index (χ2n) is 5.53. The molecule has 10 nitrogen and oxygen atoms in total. The first-order valence-electron chi connectivity index (χ1n) is 8.00. The Kier molecular flexibility index (Phi) is 7.03. The Hall–Kier alpha value is -3.95. The highest BCUT2D eigenvalue weighted by Gasteiger charge is 2.16. The summed E-state index contributed by atoms with van der Waals surface area (Å²) in [6.45, 7) is 0.717. The van der Waals surface area contributed by atoms with Gasteiger partial charge in [-0.2, -0.15) is 5.10 Å². The molecule has 0 aliphatic carbocycles. The molecule has 0 atom stereocenters. The molecule has 2 aromatic carbocycles. The molecule has 0 fully saturated rings. The molecule has 0 unspecified atom stereocenters. The van der Waals surface area contributed by atoms with Gasteiger partial charge >= 0.3 is 11.7 Å². The first kappa shape index (κ1) is 20.4. The number of amides is 1. The van der Waals surface area contributed by atoms with Crippen molar-refractivity contribution in [2.45, 2.75) is 6.92 Å². The lowest BCUT2D eigenvalue weighted by atomic mass is 10.2. The quantitative estimate of drug-likeness (QED) is 0.380. The van der Waals surface area contributed by atoms with Crippen LogP contribution in [0.25, 0.3) is 0 Å². The summed E-state index contributed by atoms with van der Waals surface area (Å²) in [5, 5.41) is 23.4. The van der Waals surface area contributed by atoms with Crippen molar-refractivity contribution in [1.82, 2.24) is 5.43 Å². The van der Waals surface area contributed by atoms with Gasteiger partial charge in [-0.25, -0.2) is 10.2 Å². The van der Waals surface area contributed by atoms with E-state index >= 15 is 0 Å². The van der Waals surface area contributed by atoms with E-state index in [1.54, 1.807) is 37.3 Å². The maximum absolute atomic E-state index is 11.8. The maximum Gasteiger partial charge on any atom is 0.341 e. The summed E-state index contributed by atoms with van der Waals surface area (Å²) in [4.78, 5) is 32.9. The highest BCUT2D eigenvalue weighted by molar-refractivity contribution is 5.85. The second kappa shape index (κ2) is 9.67. The van der Waals surface area contributed by atoms with E-state index in [2.05, 4.69) is 10.5 Å². The first-order valence-corrected chi connectivity index (χ1v) is 8.00. The van der Waals surface area contributed by atoms with E-state index in [0.29, 0.717) is 11.1 Å². The van der Waals surface area contributed by atoms with E-state index in [4.69, 9.17) is 14.6 Å². The number of carboxylic acid groups (broad SMARTS) is 1. The van der Waals surface area contributed by atoms with E-state index in [1.807, 2.05) is 0 Å². The van der Waals surface area contributed by atoms with Gasteiger partial charge in [0.1, 0.15) is 5.75 Å². The van der Waals surface area contributed by atoms with E-state index in [9.17, 15) is 19.7 Å². The molecule has 0 saturated carbocycles. The molecule has 2 rings (SSSR count). The number of aliphatic carboxylic acids is 1. The molecule has 146 valence electrons. The van der Waals surface area contributed by atoms with Gasteiger partial charge in [0, 0.05) is 11.6 Å². The molecule has 10 heteroatoms. The van der Waals surface area contributed by atoms with E-state index in [-0.39, 0.29) is 17.2 Å². The number of nitro groups is 1. The Morgan fingerprint density at radius 3 is 2.61 bits per heavy atom. The molecule has 28 heavy (non-hydrogen) atoms. The summed E-state index contributed by atoms with van der Waals surface area (Å²) in [7, 11) is 0. The van der Waals surface area contributed by atoms with Crippen LogP contribution in [-0.2, 0) is 9.59 Å². The van der Waals surface area contributed by atoms with Crippen molar-refractivity contribution < 1.29 is 29.1 Å². The molecule has 0 spiro atoms. The van der Waals surface area contributed by atoms with Gasteiger partial charge in [0.2, 0.25) is 0 Å². The van der Waals surface area contributed by atoms with E-state index in [1.165, 1.54) is 18.3 Å². The van der Waals surface area contributed by atoms with Crippen molar-refractivity contribution >= 4 is 23.8 Å². The van der Waals surface area contributed by atoms with Gasteiger partial charge in [-0.05, 0) is 30.7 Å². The Bertz CT molecular complexity index is 912. The molecule has 0 aromatic heterocycles. The predicted octanol–water partition coefficient (Wildman–Crippen LogP) is 1.90. The number of ether oxygens (including phenoxy) is 2. The minimum atomic E-state index is -1.12. The molecule has 0 saturated heterocycles. The van der Waals surface area contributed by atoms with Gasteiger partial charge in [-0.15, -0.1) is 0 Å². The van der Waals surface area contributed by atoms with Crippen molar-refractivity contribution in [2.75, 3.05) is 13.2 Å². The molecule has 0 aliphatic rings. The average Bonchev–Trinajstić information content (AvgIpc) is 2.66. The topological polar surface area (TPSA) is 140 Å². The van der Waals surface area contributed by atoms with Gasteiger partial charge < -0.3 is 14.6 Å². The highest BCUT2D eigenvalue weighted by Crippen LogP contribution is 2.27. The number of nitro benzene ring substituents is 1. The van der Waals surface area contributed by atoms with Crippen LogP contribution in [0.4, 0.5) is 5.69 Å². The standard InChI is InChI=1S/C18H17N3O7/c1-12-6-7-16(14(8-12)21(25)26)27-10-17(22)20-19-9-13-4-2-3-5-15(13)28-11-18(23)24/h2-9H,10-11H2,1H3,(H,20,22)(H,23,24)/b19-9-. The van der Waals surface area contributed by atoms with Gasteiger partial charge in [-0.3, -0.25) is 14.9 Å². The molecule has 1 amide bonds. The molecule has 0 aliphatic heterocycles. The normalized spacial score (nSPS) is 10.5. The Labute approximate surface area is 159 Å². The lowest BCUT2D eigenvalue weighted by Gasteiger charge is -2.07. The van der Waals surface area contributed by atoms with Crippen LogP contribution in [0.2, 0.25) is 0 Å². The fraction of sp³-hybridized carbons (Fsp3) is 0.167. The summed E-state index contributed by atoms with van der Waals surface area (Å²) in [6, 6.07) is 10.9. The van der Waals surface area contributed by atoms with Crippen LogP contribution in [0.15, 0.2) is 47.6 Å². The number of rotatable bonds is 9. The van der Waals surface area contributed by atoms with Crippen molar-refractivity contribution in [1.29, 1.82) is 0 Å². The van der Waals surface area contributed by atoms with Gasteiger partial charge in [0.15, 0.2) is 19.0 Å². The molecule has 0 heterocycles. The second-order valence-corrected chi connectivity index (χ2v) is 5.53. The van der Waals surface area contributed by atoms with Crippen molar-refractivity contribution in [2.24, 2.45) is 5.10 Å². The van der Waals surface area contributed by atoms with Crippen molar-refractivity contribution in [3.8, 4) is 11.5 Å². The van der Waals surface area contributed by atoms with Crippen LogP contribution in [0, 0.1) is 17.0 Å². The van der Waals surface area contributed by atoms with Crippen LogP contribution in [0.3, 0.4) is 0 Å². The maximum atomic E-state index is 11.8. The SMILES string of the molecule is Cc1ccc(OCC(=O)N/N=C\c2ccccc2OCC(=O)O)c([N+](=O)[O-])c1. The molecule has 0 radical (unpaired) electrons. The minimum Gasteiger partial charge on any atom is -0.481 e. The van der Waals surface area contributed by atoms with Crippen LogP contribution in [-0.4, -0.2) is 41.3 Å². The number of nitrogens with zero attached hydrogens (tertiary/aromatic N) is 2. The fourth-order valence-electron chi connectivity index (χ4n) is 2.10. The molecular formula is C18H17N3O7. The number of carbonyl (C=O) groups is 2. The smallest absolute Gasteiger partial charge is 0.341 e. The van der Waals surface area contributed by atoms with Crippen molar-refractivity contribution in [3.63, 3.8) is 0 Å². The molecule has 2 N–H and O–H groups in total. The third-order valence-electron chi connectivity index (χ3n) is 3.33. The number of hydrogen-bond acceptors (Lipinski definition) is 7. The van der Waals surface area contributed by atoms with Crippen LogP contribution in [0.1, 0.15) is 11.1 Å². The minimum absolute atomic E-state index is 0.0258. The largest absolute Gasteiger partial charge is 0.481 e. The van der Waals surface area contributed by atoms with Gasteiger partial charge in [0.25, 0.3) is 5.91 Å². The van der Waals surface area contributed by atoms with Gasteiger partial charge in [0.05, 0.1) is 11.1 Å². The Morgan fingerprint density at radius 2 is 1.89 bits per heavy atom. The van der Waals surface area contributed by atoms with E-state index in [0.717, 1.165) is 0 Å². The third-order valence-corrected chi connectivity index (χ3v) is 3.33. The first-order chi connectivity index (χ1) is 13.4. The predicted molar refractivity (Wildman–Crippen MR) is 98.6 cm³/mol. The number of carboxylic acids is 1. The molecule has 2 aromatic rings. The monoisotopic (exact) mass is 387 g/mol. The summed E-state index contributed by atoms with van der Waals surface area (Å²) >= 11 is 0. The zero-order valence-electron chi connectivity index (χ0n) is 14.8. The zero-order valence-corrected chi connectivity index (χ0v) is 14.8. The number of aryl methyl sites for hydroxylation is 1. The zero-order chi connectivity index (χ0) is 20.5. The lowest BCUT2D eigenvalue weighted by Crippen LogP contribution is -2.24. The number of nitrogens with one attached hydrogen (secondary N) is 1. The fourth-order valence-corrected chi connectivity index (χ4v) is 2.10. The summed E-state index contributed by atoms with van der Waals surface area (Å²) < 4.78 is 10.3.